The van der Waals surface area contributed by atoms with Crippen LogP contribution >= 0.6 is 23.2 Å². The second kappa shape index (κ2) is 9.66. The summed E-state index contributed by atoms with van der Waals surface area (Å²) >= 11 is 12.1. The minimum Gasteiger partial charge on any atom is -0.394 e. The maximum Gasteiger partial charge on any atom is 0.255 e. The Morgan fingerprint density at radius 2 is 2.03 bits per heavy atom. The number of aromatic nitrogens is 2. The highest BCUT2D eigenvalue weighted by atomic mass is 35.5. The van der Waals surface area contributed by atoms with Crippen LogP contribution in [0.5, 0.6) is 0 Å². The summed E-state index contributed by atoms with van der Waals surface area (Å²) in [7, 11) is 0. The zero-order valence-corrected chi connectivity index (χ0v) is 19.9. The molecule has 0 radical (unpaired) electrons. The highest BCUT2D eigenvalue weighted by Gasteiger charge is 2.35. The van der Waals surface area contributed by atoms with E-state index in [-0.39, 0.29) is 17.7 Å². The number of aliphatic hydroxyl groups is 1. The Balaban J connectivity index is 1.53. The molecule has 2 aromatic carbocycles. The number of carbonyl (C=O) groups excluding carboxylic acids is 2. The third-order valence-corrected chi connectivity index (χ3v) is 6.20. The molecular formula is C24H21Cl2FN4O3. The molecule has 0 aliphatic carbocycles. The van der Waals surface area contributed by atoms with Crippen LogP contribution < -0.4 is 5.32 Å². The van der Waals surface area contributed by atoms with Crippen LogP contribution in [-0.2, 0) is 11.3 Å². The van der Waals surface area contributed by atoms with Crippen LogP contribution in [0.25, 0.3) is 11.3 Å². The lowest BCUT2D eigenvalue weighted by Gasteiger charge is -2.26. The molecule has 7 nitrogen and oxygen atoms in total. The van der Waals surface area contributed by atoms with Crippen molar-refractivity contribution in [1.82, 2.24) is 20.2 Å². The minimum absolute atomic E-state index is 0.0325. The Labute approximate surface area is 205 Å². The van der Waals surface area contributed by atoms with Gasteiger partial charge in [0.05, 0.1) is 29.6 Å². The molecule has 0 unspecified atom stereocenters. The molecule has 10 heteroatoms. The molecule has 1 aliphatic rings. The molecule has 1 aliphatic heterocycles. The van der Waals surface area contributed by atoms with Crippen molar-refractivity contribution in [2.24, 2.45) is 0 Å². The van der Waals surface area contributed by atoms with Crippen molar-refractivity contribution in [2.45, 2.75) is 32.5 Å². The van der Waals surface area contributed by atoms with E-state index in [1.165, 1.54) is 23.2 Å². The SMILES string of the molecule is Cc1cc(F)cc([C@@H](CO)NC(=O)[C@@H](C)N2Cc3ccc(-c4nc(Cl)ncc4Cl)cc3C2=O)c1. The van der Waals surface area contributed by atoms with Gasteiger partial charge in [0.2, 0.25) is 11.2 Å². The highest BCUT2D eigenvalue weighted by Crippen LogP contribution is 2.32. The number of amides is 2. The molecule has 4 rings (SSSR count). The third kappa shape index (κ3) is 4.75. The van der Waals surface area contributed by atoms with Gasteiger partial charge in [-0.25, -0.2) is 14.4 Å². The first-order valence-corrected chi connectivity index (χ1v) is 11.2. The van der Waals surface area contributed by atoms with Crippen LogP contribution in [0.2, 0.25) is 10.3 Å². The fourth-order valence-corrected chi connectivity index (χ4v) is 4.30. The van der Waals surface area contributed by atoms with E-state index in [0.717, 1.165) is 5.56 Å². The van der Waals surface area contributed by atoms with Gasteiger partial charge in [-0.1, -0.05) is 29.8 Å². The molecule has 34 heavy (non-hydrogen) atoms. The summed E-state index contributed by atoms with van der Waals surface area (Å²) in [6, 6.07) is 7.91. The Morgan fingerprint density at radius 3 is 2.74 bits per heavy atom. The first-order valence-electron chi connectivity index (χ1n) is 10.5. The molecule has 0 fully saturated rings. The molecule has 1 aromatic heterocycles. The second-order valence-corrected chi connectivity index (χ2v) is 8.87. The van der Waals surface area contributed by atoms with E-state index in [4.69, 9.17) is 23.2 Å². The number of benzene rings is 2. The zero-order chi connectivity index (χ0) is 24.6. The average molecular weight is 503 g/mol. The number of hydrogen-bond acceptors (Lipinski definition) is 5. The van der Waals surface area contributed by atoms with Crippen molar-refractivity contribution in [1.29, 1.82) is 0 Å². The third-order valence-electron chi connectivity index (χ3n) is 5.74. The second-order valence-electron chi connectivity index (χ2n) is 8.12. The predicted molar refractivity (Wildman–Crippen MR) is 126 cm³/mol. The lowest BCUT2D eigenvalue weighted by Crippen LogP contribution is -2.46. The molecular weight excluding hydrogens is 482 g/mol. The molecule has 0 bridgehead atoms. The number of carbonyl (C=O) groups is 2. The summed E-state index contributed by atoms with van der Waals surface area (Å²) < 4.78 is 13.8. The fraction of sp³-hybridized carbons (Fsp3) is 0.250. The van der Waals surface area contributed by atoms with Gasteiger partial charge in [0, 0.05) is 17.7 Å². The molecule has 0 saturated heterocycles. The van der Waals surface area contributed by atoms with Gasteiger partial charge in [-0.05, 0) is 60.3 Å². The summed E-state index contributed by atoms with van der Waals surface area (Å²) in [5.74, 6) is -1.24. The lowest BCUT2D eigenvalue weighted by atomic mass is 10.0. The number of rotatable bonds is 6. The number of aryl methyl sites for hydroxylation is 1. The van der Waals surface area contributed by atoms with Crippen molar-refractivity contribution in [3.8, 4) is 11.3 Å². The molecule has 2 amide bonds. The van der Waals surface area contributed by atoms with E-state index in [2.05, 4.69) is 15.3 Å². The number of hydrogen-bond donors (Lipinski definition) is 2. The van der Waals surface area contributed by atoms with Crippen molar-refractivity contribution in [3.63, 3.8) is 0 Å². The first-order chi connectivity index (χ1) is 16.2. The molecule has 2 N–H and O–H groups in total. The quantitative estimate of drug-likeness (QED) is 0.495. The number of halogens is 3. The van der Waals surface area contributed by atoms with E-state index in [0.29, 0.717) is 33.0 Å². The maximum absolute atomic E-state index is 13.8. The summed E-state index contributed by atoms with van der Waals surface area (Å²) in [6.45, 7) is 3.15. The Hall–Kier alpha value is -3.07. The number of fused-ring (bicyclic) bond motifs is 1. The Bertz CT molecular complexity index is 1270. The molecule has 0 spiro atoms. The van der Waals surface area contributed by atoms with Crippen molar-refractivity contribution >= 4 is 35.0 Å². The van der Waals surface area contributed by atoms with Crippen LogP contribution in [-0.4, -0.2) is 44.4 Å². The standard InChI is InChI=1S/C24H21Cl2FN4O3/c1-12-5-16(7-17(27)6-12)20(11-32)29-22(33)13(2)31-10-15-4-3-14(8-18(15)23(31)34)21-19(25)9-28-24(26)30-21/h3-9,13,20,32H,10-11H2,1-2H3,(H,29,33)/t13-,20-/m1/s1. The van der Waals surface area contributed by atoms with Crippen LogP contribution in [0.4, 0.5) is 4.39 Å². The van der Waals surface area contributed by atoms with Gasteiger partial charge in [-0.2, -0.15) is 0 Å². The lowest BCUT2D eigenvalue weighted by molar-refractivity contribution is -0.126. The first kappa shape index (κ1) is 24.1. The van der Waals surface area contributed by atoms with Gasteiger partial charge in [-0.3, -0.25) is 9.59 Å². The Morgan fingerprint density at radius 1 is 1.26 bits per heavy atom. The summed E-state index contributed by atoms with van der Waals surface area (Å²) in [4.78, 5) is 35.5. The van der Waals surface area contributed by atoms with Crippen LogP contribution in [0.1, 0.15) is 40.0 Å². The van der Waals surface area contributed by atoms with Crippen molar-refractivity contribution in [3.05, 3.63) is 81.0 Å². The largest absolute Gasteiger partial charge is 0.394 e. The molecule has 2 heterocycles. The molecule has 0 saturated carbocycles. The van der Waals surface area contributed by atoms with E-state index in [1.807, 2.05) is 0 Å². The maximum atomic E-state index is 13.8. The zero-order valence-electron chi connectivity index (χ0n) is 18.3. The van der Waals surface area contributed by atoms with Gasteiger partial charge in [0.15, 0.2) is 0 Å². The minimum atomic E-state index is -0.830. The fourth-order valence-electron chi connectivity index (χ4n) is 3.97. The highest BCUT2D eigenvalue weighted by molar-refractivity contribution is 6.33. The topological polar surface area (TPSA) is 95.4 Å². The summed E-state index contributed by atoms with van der Waals surface area (Å²) in [5, 5.41) is 12.8. The van der Waals surface area contributed by atoms with E-state index in [1.54, 1.807) is 38.1 Å². The summed E-state index contributed by atoms with van der Waals surface area (Å²) in [5.41, 5.74) is 3.30. The van der Waals surface area contributed by atoms with E-state index < -0.39 is 30.4 Å². The Kier molecular flexibility index (Phi) is 6.84. The van der Waals surface area contributed by atoms with Gasteiger partial charge in [0.1, 0.15) is 11.9 Å². The van der Waals surface area contributed by atoms with E-state index >= 15 is 0 Å². The van der Waals surface area contributed by atoms with Crippen LogP contribution in [0.3, 0.4) is 0 Å². The van der Waals surface area contributed by atoms with E-state index in [9.17, 15) is 19.1 Å². The number of aliphatic hydroxyl groups excluding tert-OH is 1. The molecule has 2 atom stereocenters. The normalized spacial score (nSPS) is 14.6. The van der Waals surface area contributed by atoms with Gasteiger partial charge in [-0.15, -0.1) is 0 Å². The van der Waals surface area contributed by atoms with Crippen molar-refractivity contribution < 1.29 is 19.1 Å². The van der Waals surface area contributed by atoms with Gasteiger partial charge < -0.3 is 15.3 Å². The summed E-state index contributed by atoms with van der Waals surface area (Å²) in [6.07, 6.45) is 1.39. The van der Waals surface area contributed by atoms with Crippen LogP contribution in [0, 0.1) is 12.7 Å². The average Bonchev–Trinajstić information content (AvgIpc) is 3.13. The van der Waals surface area contributed by atoms with Crippen molar-refractivity contribution in [2.75, 3.05) is 6.61 Å². The van der Waals surface area contributed by atoms with Gasteiger partial charge >= 0.3 is 0 Å². The predicted octanol–water partition coefficient (Wildman–Crippen LogP) is 4.09. The number of nitrogens with one attached hydrogen (secondary N) is 1. The number of nitrogens with zero attached hydrogens (tertiary/aromatic N) is 3. The molecule has 3 aromatic rings. The monoisotopic (exact) mass is 502 g/mol. The van der Waals surface area contributed by atoms with Gasteiger partial charge in [0.25, 0.3) is 5.91 Å². The molecule has 176 valence electrons. The van der Waals surface area contributed by atoms with Crippen LogP contribution in [0.15, 0.2) is 42.6 Å². The smallest absolute Gasteiger partial charge is 0.255 e.